The van der Waals surface area contributed by atoms with E-state index in [1.165, 1.54) is 0 Å². The van der Waals surface area contributed by atoms with Crippen molar-refractivity contribution in [3.05, 3.63) is 45.2 Å². The van der Waals surface area contributed by atoms with Crippen LogP contribution in [0.25, 0.3) is 5.69 Å². The van der Waals surface area contributed by atoms with Crippen molar-refractivity contribution in [1.82, 2.24) is 9.78 Å². The maximum Gasteiger partial charge on any atom is 0.357 e. The zero-order chi connectivity index (χ0) is 15.0. The lowest BCUT2D eigenvalue weighted by atomic mass is 10.1. The number of hydrogen-bond acceptors (Lipinski definition) is 2. The van der Waals surface area contributed by atoms with Crippen LogP contribution in [-0.4, -0.2) is 20.9 Å². The lowest BCUT2D eigenvalue weighted by molar-refractivity contribution is 0.0689. The minimum Gasteiger partial charge on any atom is -0.476 e. The first-order chi connectivity index (χ1) is 9.31. The molecule has 0 aliphatic rings. The normalized spacial score (nSPS) is 11.1. The van der Waals surface area contributed by atoms with Crippen molar-refractivity contribution in [3.8, 4) is 5.69 Å². The van der Waals surface area contributed by atoms with Crippen LogP contribution in [0.3, 0.4) is 0 Å². The van der Waals surface area contributed by atoms with E-state index in [1.54, 1.807) is 4.68 Å². The van der Waals surface area contributed by atoms with Crippen LogP contribution in [0.15, 0.2) is 22.7 Å². The number of benzene rings is 1. The van der Waals surface area contributed by atoms with Gasteiger partial charge in [0, 0.05) is 0 Å². The molecule has 106 valence electrons. The predicted molar refractivity (Wildman–Crippen MR) is 81.8 cm³/mol. The van der Waals surface area contributed by atoms with Gasteiger partial charge in [0.05, 0.1) is 15.9 Å². The summed E-state index contributed by atoms with van der Waals surface area (Å²) in [7, 11) is 0. The molecule has 20 heavy (non-hydrogen) atoms. The molecule has 0 atom stereocenters. The van der Waals surface area contributed by atoms with Gasteiger partial charge in [-0.05, 0) is 59.0 Å². The Morgan fingerprint density at radius 1 is 1.25 bits per heavy atom. The van der Waals surface area contributed by atoms with E-state index in [9.17, 15) is 9.90 Å². The highest BCUT2D eigenvalue weighted by molar-refractivity contribution is 9.10. The van der Waals surface area contributed by atoms with Gasteiger partial charge in [0.2, 0.25) is 0 Å². The number of nitrogens with zero attached hydrogens (tertiary/aromatic N) is 2. The van der Waals surface area contributed by atoms with Crippen LogP contribution in [0.5, 0.6) is 0 Å². The summed E-state index contributed by atoms with van der Waals surface area (Å²) in [4.78, 5) is 11.3. The Kier molecular flexibility index (Phi) is 3.99. The summed E-state index contributed by atoms with van der Waals surface area (Å²) in [5.41, 5.74) is 4.05. The van der Waals surface area contributed by atoms with Gasteiger partial charge in [0.15, 0.2) is 5.69 Å². The van der Waals surface area contributed by atoms with Crippen LogP contribution in [0.4, 0.5) is 0 Å². The smallest absolute Gasteiger partial charge is 0.357 e. The lowest BCUT2D eigenvalue weighted by Gasteiger charge is -2.12. The van der Waals surface area contributed by atoms with Crippen LogP contribution in [0, 0.1) is 13.8 Å². The van der Waals surface area contributed by atoms with E-state index in [4.69, 9.17) is 0 Å². The summed E-state index contributed by atoms with van der Waals surface area (Å²) in [6.07, 6.45) is 0. The lowest BCUT2D eigenvalue weighted by Crippen LogP contribution is -2.05. The zero-order valence-corrected chi connectivity index (χ0v) is 13.5. The number of rotatable bonds is 3. The average molecular weight is 337 g/mol. The molecule has 1 heterocycles. The fraction of sp³-hybridized carbons (Fsp3) is 0.333. The number of aromatic nitrogens is 2. The second-order valence-corrected chi connectivity index (χ2v) is 6.06. The molecule has 0 saturated heterocycles. The molecule has 2 aromatic rings. The monoisotopic (exact) mass is 336 g/mol. The van der Waals surface area contributed by atoms with Gasteiger partial charge in [-0.2, -0.15) is 5.10 Å². The number of aryl methyl sites for hydroxylation is 2. The van der Waals surface area contributed by atoms with Crippen molar-refractivity contribution in [2.45, 2.75) is 33.6 Å². The van der Waals surface area contributed by atoms with E-state index < -0.39 is 5.97 Å². The summed E-state index contributed by atoms with van der Waals surface area (Å²) in [6, 6.07) is 6.09. The number of carboxylic acid groups (broad SMARTS) is 1. The van der Waals surface area contributed by atoms with E-state index in [0.29, 0.717) is 4.47 Å². The maximum absolute atomic E-state index is 11.3. The van der Waals surface area contributed by atoms with Gasteiger partial charge in [0.1, 0.15) is 0 Å². The molecule has 0 amide bonds. The highest BCUT2D eigenvalue weighted by Crippen LogP contribution is 2.30. The topological polar surface area (TPSA) is 55.1 Å². The minimum absolute atomic E-state index is 0.0489. The zero-order valence-electron chi connectivity index (χ0n) is 11.9. The van der Waals surface area contributed by atoms with Gasteiger partial charge in [0.25, 0.3) is 0 Å². The second-order valence-electron chi connectivity index (χ2n) is 5.27. The van der Waals surface area contributed by atoms with E-state index in [0.717, 1.165) is 22.5 Å². The number of carbonyl (C=O) groups is 1. The third kappa shape index (κ3) is 2.63. The first-order valence-electron chi connectivity index (χ1n) is 6.41. The fourth-order valence-corrected chi connectivity index (χ4v) is 3.19. The summed E-state index contributed by atoms with van der Waals surface area (Å²) in [5, 5.41) is 13.5. The van der Waals surface area contributed by atoms with Crippen molar-refractivity contribution < 1.29 is 9.90 Å². The highest BCUT2D eigenvalue weighted by atomic mass is 79.9. The number of carboxylic acids is 1. The average Bonchev–Trinajstić information content (AvgIpc) is 2.65. The molecule has 4 nitrogen and oxygen atoms in total. The van der Waals surface area contributed by atoms with Crippen LogP contribution < -0.4 is 0 Å². The highest BCUT2D eigenvalue weighted by Gasteiger charge is 2.23. The molecule has 0 unspecified atom stereocenters. The van der Waals surface area contributed by atoms with Gasteiger partial charge in [-0.15, -0.1) is 0 Å². The largest absolute Gasteiger partial charge is 0.476 e. The Morgan fingerprint density at radius 3 is 2.25 bits per heavy atom. The quantitative estimate of drug-likeness (QED) is 0.918. The van der Waals surface area contributed by atoms with Crippen molar-refractivity contribution in [2.75, 3.05) is 0 Å². The van der Waals surface area contributed by atoms with Crippen LogP contribution >= 0.6 is 15.9 Å². The Bertz CT molecular complexity index is 655. The van der Waals surface area contributed by atoms with Crippen molar-refractivity contribution >= 4 is 21.9 Å². The third-order valence-corrected chi connectivity index (χ3v) is 3.84. The molecule has 0 bridgehead atoms. The number of aromatic carboxylic acids is 1. The van der Waals surface area contributed by atoms with Crippen molar-refractivity contribution in [2.24, 2.45) is 0 Å². The molecule has 1 aromatic carbocycles. The van der Waals surface area contributed by atoms with Crippen molar-refractivity contribution in [1.29, 1.82) is 0 Å². The molecule has 1 aromatic heterocycles. The first-order valence-corrected chi connectivity index (χ1v) is 7.21. The van der Waals surface area contributed by atoms with E-state index in [-0.39, 0.29) is 11.6 Å². The Hall–Kier alpha value is -1.62. The van der Waals surface area contributed by atoms with Gasteiger partial charge in [-0.25, -0.2) is 9.48 Å². The van der Waals surface area contributed by atoms with Gasteiger partial charge in [-0.3, -0.25) is 0 Å². The molecule has 0 aliphatic heterocycles. The SMILES string of the molecule is Cc1cc(C)cc(-n2nc(C(=O)O)c(Br)c2C(C)C)c1. The molecule has 2 rings (SSSR count). The molecular formula is C15H17BrN2O2. The molecule has 0 spiro atoms. The van der Waals surface area contributed by atoms with Crippen LogP contribution in [-0.2, 0) is 0 Å². The van der Waals surface area contributed by atoms with E-state index in [1.807, 2.05) is 39.8 Å². The predicted octanol–water partition coefficient (Wildman–Crippen LogP) is 4.07. The van der Waals surface area contributed by atoms with Gasteiger partial charge < -0.3 is 5.11 Å². The number of halogens is 1. The molecule has 0 radical (unpaired) electrons. The minimum atomic E-state index is -1.03. The molecule has 1 N–H and O–H groups in total. The van der Waals surface area contributed by atoms with E-state index >= 15 is 0 Å². The summed E-state index contributed by atoms with van der Waals surface area (Å²) >= 11 is 3.37. The van der Waals surface area contributed by atoms with Crippen molar-refractivity contribution in [3.63, 3.8) is 0 Å². The summed E-state index contributed by atoms with van der Waals surface area (Å²) in [5.74, 6) is -0.868. The fourth-order valence-electron chi connectivity index (χ4n) is 2.32. The Morgan fingerprint density at radius 2 is 1.80 bits per heavy atom. The Balaban J connectivity index is 2.72. The standard InChI is InChI=1S/C15H17BrN2O2/c1-8(2)14-12(16)13(15(19)20)17-18(14)11-6-9(3)5-10(4)7-11/h5-8H,1-4H3,(H,19,20). The third-order valence-electron chi connectivity index (χ3n) is 3.06. The molecule has 5 heteroatoms. The maximum atomic E-state index is 11.3. The Labute approximate surface area is 126 Å². The summed E-state index contributed by atoms with van der Waals surface area (Å²) < 4.78 is 2.28. The van der Waals surface area contributed by atoms with Gasteiger partial charge >= 0.3 is 5.97 Å². The van der Waals surface area contributed by atoms with Gasteiger partial charge in [-0.1, -0.05) is 19.9 Å². The first kappa shape index (κ1) is 14.8. The molecular weight excluding hydrogens is 320 g/mol. The molecule has 0 fully saturated rings. The number of hydrogen-bond donors (Lipinski definition) is 1. The van der Waals surface area contributed by atoms with E-state index in [2.05, 4.69) is 27.1 Å². The van der Waals surface area contributed by atoms with Crippen LogP contribution in [0.2, 0.25) is 0 Å². The van der Waals surface area contributed by atoms with Crippen LogP contribution in [0.1, 0.15) is 47.1 Å². The second kappa shape index (κ2) is 5.40. The molecule has 0 aliphatic carbocycles. The summed E-state index contributed by atoms with van der Waals surface area (Å²) in [6.45, 7) is 8.07. The molecule has 0 saturated carbocycles.